The van der Waals surface area contributed by atoms with Crippen LogP contribution in [0.15, 0.2) is 107 Å². The van der Waals surface area contributed by atoms with Gasteiger partial charge in [-0.2, -0.15) is 26.3 Å². The minimum atomic E-state index is -4.65. The number of ether oxygens (including phenoxy) is 2. The molecule has 0 aromatic heterocycles. The number of sulfone groups is 2. The molecule has 2 aliphatic heterocycles. The molecule has 340 valence electrons. The molecule has 0 aliphatic carbocycles. The van der Waals surface area contributed by atoms with Gasteiger partial charge in [-0.1, -0.05) is 48.0 Å². The first-order valence-electron chi connectivity index (χ1n) is 19.4. The van der Waals surface area contributed by atoms with Gasteiger partial charge in [-0.3, -0.25) is 9.59 Å². The highest BCUT2D eigenvalue weighted by molar-refractivity contribution is 14.1. The molecule has 2 aliphatic rings. The van der Waals surface area contributed by atoms with Gasteiger partial charge in [0.05, 0.1) is 20.9 Å². The summed E-state index contributed by atoms with van der Waals surface area (Å²) < 4.78 is 137. The zero-order chi connectivity index (χ0) is 47.1. The lowest BCUT2D eigenvalue weighted by Gasteiger charge is -2.22. The number of nitrogens with zero attached hydrogens (tertiary/aromatic N) is 2. The second-order valence-electron chi connectivity index (χ2n) is 15.5. The van der Waals surface area contributed by atoms with Crippen molar-refractivity contribution in [1.82, 2.24) is 9.80 Å². The van der Waals surface area contributed by atoms with Gasteiger partial charge in [0, 0.05) is 42.3 Å². The zero-order valence-electron chi connectivity index (χ0n) is 34.8. The minimum absolute atomic E-state index is 0.167. The van der Waals surface area contributed by atoms with Crippen molar-refractivity contribution in [2.75, 3.05) is 12.5 Å². The van der Waals surface area contributed by atoms with Crippen molar-refractivity contribution in [3.05, 3.63) is 140 Å². The van der Waals surface area contributed by atoms with Gasteiger partial charge in [-0.15, -0.1) is 0 Å². The van der Waals surface area contributed by atoms with Crippen LogP contribution in [0.5, 0.6) is 11.5 Å². The van der Waals surface area contributed by atoms with E-state index in [0.717, 1.165) is 105 Å². The number of hydrogen-bond acceptors (Lipinski definition) is 8. The van der Waals surface area contributed by atoms with Gasteiger partial charge in [0.2, 0.25) is 0 Å². The topological polar surface area (TPSA) is 127 Å². The Kier molecular flexibility index (Phi) is 13.9. The van der Waals surface area contributed by atoms with Crippen LogP contribution in [0.3, 0.4) is 0 Å². The van der Waals surface area contributed by atoms with E-state index in [0.29, 0.717) is 0 Å². The summed E-state index contributed by atoms with van der Waals surface area (Å²) in [5, 5.41) is 0. The number of amides is 2. The number of benzene rings is 5. The zero-order valence-corrected chi connectivity index (χ0v) is 38.6. The summed E-state index contributed by atoms with van der Waals surface area (Å²) in [6, 6.07) is 26.3. The summed E-state index contributed by atoms with van der Waals surface area (Å²) in [6.07, 6.45) is -11.7. The molecule has 0 saturated heterocycles. The Balaban J connectivity index is 0.000000216. The van der Waals surface area contributed by atoms with Crippen molar-refractivity contribution in [3.63, 3.8) is 0 Å². The Morgan fingerprint density at radius 1 is 0.562 bits per heavy atom. The summed E-state index contributed by atoms with van der Waals surface area (Å²) in [7, 11) is -7.36. The molecule has 0 saturated carbocycles. The molecule has 2 atom stereocenters. The summed E-state index contributed by atoms with van der Waals surface area (Å²) in [5.74, 6) is -1.82. The standard InChI is InChI=1S/C26H24F3NO4S.C19H17F3INO4S/c1-16-4-6-18(7-5-16)19-8-9-20-14-30(15-21(20)12-19)25(31)23-13-22(35(3,32)33)10-11-24(23)34-17(2)26(27,28)29;1-11(19(20,21)22)28-17-6-5-15(29(2,26)27)8-16(17)18(25)24-9-12-3-4-14(23)7-13(12)10-24/h4-13,17H,14-15H2,1-3H3;3-8,11H,9-10H2,1-2H3/t;11-/m.0/s1. The molecular formula is C45H41F6IN2O8S2. The van der Waals surface area contributed by atoms with Crippen molar-refractivity contribution in [2.45, 2.75) is 81.3 Å². The highest BCUT2D eigenvalue weighted by Gasteiger charge is 2.40. The minimum Gasteiger partial charge on any atom is -0.480 e. The molecule has 5 aromatic carbocycles. The number of fused-ring (bicyclic) bond motifs is 2. The molecule has 7 rings (SSSR count). The monoisotopic (exact) mass is 1040 g/mol. The third-order valence-electron chi connectivity index (χ3n) is 10.5. The fourth-order valence-electron chi connectivity index (χ4n) is 6.84. The summed E-state index contributed by atoms with van der Waals surface area (Å²) >= 11 is 2.15. The van der Waals surface area contributed by atoms with Gasteiger partial charge in [0.15, 0.2) is 31.9 Å². The third kappa shape index (κ3) is 11.4. The number of carbonyl (C=O) groups excluding carboxylic acids is 2. The van der Waals surface area contributed by atoms with E-state index < -0.39 is 56.0 Å². The molecule has 0 bridgehead atoms. The Morgan fingerprint density at radius 3 is 1.38 bits per heavy atom. The lowest BCUT2D eigenvalue weighted by atomic mass is 10.00. The van der Waals surface area contributed by atoms with Crippen LogP contribution in [0, 0.1) is 10.5 Å². The fraction of sp³-hybridized carbons (Fsp3) is 0.289. The van der Waals surface area contributed by atoms with E-state index in [-0.39, 0.29) is 58.6 Å². The summed E-state index contributed by atoms with van der Waals surface area (Å²) in [4.78, 5) is 29.1. The molecule has 2 amide bonds. The van der Waals surface area contributed by atoms with E-state index in [4.69, 9.17) is 9.47 Å². The van der Waals surface area contributed by atoms with Crippen LogP contribution in [0.25, 0.3) is 11.1 Å². The van der Waals surface area contributed by atoms with Crippen molar-refractivity contribution in [1.29, 1.82) is 0 Å². The van der Waals surface area contributed by atoms with Crippen molar-refractivity contribution < 1.29 is 62.2 Å². The van der Waals surface area contributed by atoms with E-state index in [2.05, 4.69) is 22.6 Å². The highest BCUT2D eigenvalue weighted by Crippen LogP contribution is 2.35. The molecule has 0 spiro atoms. The van der Waals surface area contributed by atoms with Crippen molar-refractivity contribution >= 4 is 54.1 Å². The predicted molar refractivity (Wildman–Crippen MR) is 234 cm³/mol. The second kappa shape index (κ2) is 18.4. The van der Waals surface area contributed by atoms with E-state index in [9.17, 15) is 52.8 Å². The summed E-state index contributed by atoms with van der Waals surface area (Å²) in [5.41, 5.74) is 6.42. The number of hydrogen-bond donors (Lipinski definition) is 0. The second-order valence-corrected chi connectivity index (χ2v) is 20.8. The maximum absolute atomic E-state index is 13.4. The van der Waals surface area contributed by atoms with Crippen molar-refractivity contribution in [3.8, 4) is 22.6 Å². The first-order valence-corrected chi connectivity index (χ1v) is 24.2. The Hall–Kier alpha value is -5.15. The van der Waals surface area contributed by atoms with E-state index >= 15 is 0 Å². The fourth-order valence-corrected chi connectivity index (χ4v) is 8.69. The molecule has 64 heavy (non-hydrogen) atoms. The van der Waals surface area contributed by atoms with Gasteiger partial charge in [0.1, 0.15) is 11.5 Å². The number of rotatable bonds is 9. The van der Waals surface area contributed by atoms with E-state index in [1.165, 1.54) is 9.80 Å². The van der Waals surface area contributed by atoms with Crippen LogP contribution in [0.4, 0.5) is 26.3 Å². The van der Waals surface area contributed by atoms with Crippen LogP contribution in [-0.2, 0) is 45.9 Å². The van der Waals surface area contributed by atoms with Gasteiger partial charge in [0.25, 0.3) is 11.8 Å². The third-order valence-corrected chi connectivity index (χ3v) is 13.4. The average Bonchev–Trinajstić information content (AvgIpc) is 3.84. The van der Waals surface area contributed by atoms with Gasteiger partial charge < -0.3 is 19.3 Å². The largest absolute Gasteiger partial charge is 0.480 e. The maximum atomic E-state index is 13.4. The first kappa shape index (κ1) is 48.3. The molecule has 2 heterocycles. The number of alkyl halides is 6. The Morgan fingerprint density at radius 2 is 0.953 bits per heavy atom. The SMILES string of the molecule is C[C@H](Oc1ccc(S(C)(=O)=O)cc1C(=O)N1Cc2ccc(I)cc2C1)C(F)(F)F.Cc1ccc(-c2ccc3c(c2)CN(C(=O)c2cc(S(C)(=O)=O)ccc2OC(C)C(F)(F)F)C3)cc1. The quantitative estimate of drug-likeness (QED) is 0.106. The van der Waals surface area contributed by atoms with Gasteiger partial charge >= 0.3 is 12.4 Å². The number of halogens is 7. The van der Waals surface area contributed by atoms with Crippen LogP contribution < -0.4 is 9.47 Å². The smallest absolute Gasteiger partial charge is 0.425 e. The summed E-state index contributed by atoms with van der Waals surface area (Å²) in [6.45, 7) is 4.71. The van der Waals surface area contributed by atoms with Gasteiger partial charge in [-0.05, 0) is 131 Å². The lowest BCUT2D eigenvalue weighted by molar-refractivity contribution is -0.189. The molecule has 19 heteroatoms. The van der Waals surface area contributed by atoms with Crippen LogP contribution in [0.1, 0.15) is 62.4 Å². The molecule has 5 aromatic rings. The molecule has 10 nitrogen and oxygen atoms in total. The molecule has 1 unspecified atom stereocenters. The molecular weight excluding hydrogens is 1000 g/mol. The average molecular weight is 1040 g/mol. The Bertz CT molecular complexity index is 2840. The van der Waals surface area contributed by atoms with Gasteiger partial charge in [-0.25, -0.2) is 16.8 Å². The van der Waals surface area contributed by atoms with Crippen LogP contribution >= 0.6 is 22.6 Å². The molecule has 0 fully saturated rings. The first-order chi connectivity index (χ1) is 29.7. The van der Waals surface area contributed by atoms with E-state index in [1.807, 2.05) is 67.6 Å². The highest BCUT2D eigenvalue weighted by atomic mass is 127. The molecule has 0 radical (unpaired) electrons. The van der Waals surface area contributed by atoms with Crippen LogP contribution in [0.2, 0.25) is 0 Å². The number of aryl methyl sites for hydroxylation is 1. The lowest BCUT2D eigenvalue weighted by Crippen LogP contribution is -2.32. The maximum Gasteiger partial charge on any atom is 0.425 e. The molecule has 0 N–H and O–H groups in total. The van der Waals surface area contributed by atoms with Crippen LogP contribution in [-0.4, -0.2) is 75.5 Å². The Labute approximate surface area is 380 Å². The van der Waals surface area contributed by atoms with E-state index in [1.54, 1.807) is 0 Å². The number of carbonyl (C=O) groups is 2. The predicted octanol–water partition coefficient (Wildman–Crippen LogP) is 9.73. The van der Waals surface area contributed by atoms with Crippen molar-refractivity contribution in [2.24, 2.45) is 0 Å². The normalized spacial score (nSPS) is 14.8.